The first-order valence-corrected chi connectivity index (χ1v) is 11.5. The van der Waals surface area contributed by atoms with Crippen LogP contribution in [-0.4, -0.2) is 64.4 Å². The number of hydrogen-bond donors (Lipinski definition) is 1. The summed E-state index contributed by atoms with van der Waals surface area (Å²) in [6, 6.07) is 0.454. The van der Waals surface area contributed by atoms with Crippen LogP contribution in [0.25, 0.3) is 10.2 Å². The smallest absolute Gasteiger partial charge is 0.264 e. The second kappa shape index (κ2) is 7.59. The van der Waals surface area contributed by atoms with Crippen LogP contribution in [-0.2, 0) is 0 Å². The van der Waals surface area contributed by atoms with E-state index in [1.54, 1.807) is 6.33 Å². The van der Waals surface area contributed by atoms with E-state index >= 15 is 0 Å². The average Bonchev–Trinajstić information content (AvgIpc) is 3.43. The lowest BCUT2D eigenvalue weighted by atomic mass is 10.1. The molecule has 2 unspecified atom stereocenters. The molecule has 2 aliphatic heterocycles. The van der Waals surface area contributed by atoms with Crippen LogP contribution in [0.15, 0.2) is 6.33 Å². The van der Waals surface area contributed by atoms with E-state index in [1.165, 1.54) is 63.0 Å². The highest BCUT2D eigenvalue weighted by molar-refractivity contribution is 7.20. The predicted molar refractivity (Wildman–Crippen MR) is 113 cm³/mol. The van der Waals surface area contributed by atoms with E-state index < -0.39 is 0 Å². The minimum Gasteiger partial charge on any atom is -0.368 e. The Kier molecular flexibility index (Phi) is 4.97. The van der Waals surface area contributed by atoms with Gasteiger partial charge in [0.25, 0.3) is 5.91 Å². The fourth-order valence-corrected chi connectivity index (χ4v) is 6.33. The van der Waals surface area contributed by atoms with Gasteiger partial charge in [-0.1, -0.05) is 6.42 Å². The first-order valence-electron chi connectivity index (χ1n) is 10.7. The van der Waals surface area contributed by atoms with Crippen LogP contribution in [0.5, 0.6) is 0 Å². The third kappa shape index (κ3) is 3.28. The molecule has 150 valence electrons. The van der Waals surface area contributed by atoms with Crippen molar-refractivity contribution in [2.45, 2.75) is 51.5 Å². The van der Waals surface area contributed by atoms with Crippen molar-refractivity contribution in [3.05, 3.63) is 16.8 Å². The molecule has 1 amide bonds. The lowest BCUT2D eigenvalue weighted by Crippen LogP contribution is -2.37. The molecular formula is C21H29N5OS. The molecule has 7 heteroatoms. The van der Waals surface area contributed by atoms with Crippen LogP contribution in [0, 0.1) is 12.8 Å². The number of piperidine rings is 2. The van der Waals surface area contributed by atoms with Gasteiger partial charge in [0.15, 0.2) is 0 Å². The minimum atomic E-state index is 0.201. The van der Waals surface area contributed by atoms with Crippen LogP contribution in [0.4, 0.5) is 5.82 Å². The summed E-state index contributed by atoms with van der Waals surface area (Å²) in [7, 11) is 0. The summed E-state index contributed by atoms with van der Waals surface area (Å²) < 4.78 is 0. The standard InChI is InChI=1S/C21H29N5OS/c1-14-17-19(22-7-10-25-8-3-2-4-9-25)23-13-24-20(17)28-18(14)21(27)26-12-15-5-6-16(26)11-15/h13,15-16H,2-12H2,1H3,(H,22,23,24). The van der Waals surface area contributed by atoms with E-state index in [-0.39, 0.29) is 5.91 Å². The zero-order valence-corrected chi connectivity index (χ0v) is 17.4. The topological polar surface area (TPSA) is 61.4 Å². The van der Waals surface area contributed by atoms with Gasteiger partial charge in [-0.05, 0) is 63.6 Å². The van der Waals surface area contributed by atoms with E-state index in [9.17, 15) is 4.79 Å². The summed E-state index contributed by atoms with van der Waals surface area (Å²) in [5, 5.41) is 4.54. The largest absolute Gasteiger partial charge is 0.368 e. The molecule has 3 aliphatic rings. The number of hydrogen-bond acceptors (Lipinski definition) is 6. The molecule has 0 spiro atoms. The van der Waals surface area contributed by atoms with Gasteiger partial charge in [0, 0.05) is 25.7 Å². The molecule has 1 aliphatic carbocycles. The Bertz CT molecular complexity index is 875. The van der Waals surface area contributed by atoms with E-state index in [0.717, 1.165) is 52.0 Å². The lowest BCUT2D eigenvalue weighted by Gasteiger charge is -2.26. The Morgan fingerprint density at radius 2 is 2.11 bits per heavy atom. The molecule has 5 rings (SSSR count). The summed E-state index contributed by atoms with van der Waals surface area (Å²) >= 11 is 1.53. The van der Waals surface area contributed by atoms with E-state index in [0.29, 0.717) is 6.04 Å². The summed E-state index contributed by atoms with van der Waals surface area (Å²) in [6.07, 6.45) is 9.25. The molecule has 2 atom stereocenters. The Hall–Kier alpha value is -1.73. The Labute approximate surface area is 170 Å². The Morgan fingerprint density at radius 3 is 2.86 bits per heavy atom. The lowest BCUT2D eigenvalue weighted by molar-refractivity contribution is 0.0708. The van der Waals surface area contributed by atoms with Gasteiger partial charge in [-0.2, -0.15) is 0 Å². The summed E-state index contributed by atoms with van der Waals surface area (Å²) in [5.74, 6) is 1.79. The van der Waals surface area contributed by atoms with Crippen LogP contribution < -0.4 is 5.32 Å². The molecule has 2 saturated heterocycles. The molecule has 0 radical (unpaired) electrons. The van der Waals surface area contributed by atoms with Gasteiger partial charge in [0.05, 0.1) is 10.3 Å². The van der Waals surface area contributed by atoms with Gasteiger partial charge >= 0.3 is 0 Å². The molecule has 2 aromatic heterocycles. The number of anilines is 1. The molecule has 2 bridgehead atoms. The highest BCUT2D eigenvalue weighted by Gasteiger charge is 2.41. The highest BCUT2D eigenvalue weighted by Crippen LogP contribution is 2.40. The van der Waals surface area contributed by atoms with Crippen molar-refractivity contribution in [3.8, 4) is 0 Å². The number of nitrogens with one attached hydrogen (secondary N) is 1. The number of rotatable bonds is 5. The van der Waals surface area contributed by atoms with E-state index in [1.807, 2.05) is 0 Å². The van der Waals surface area contributed by atoms with Gasteiger partial charge in [-0.3, -0.25) is 4.79 Å². The number of carbonyl (C=O) groups is 1. The number of nitrogens with zero attached hydrogens (tertiary/aromatic N) is 4. The van der Waals surface area contributed by atoms with Gasteiger partial charge in [0.2, 0.25) is 0 Å². The molecule has 1 saturated carbocycles. The fraction of sp³-hybridized carbons (Fsp3) is 0.667. The van der Waals surface area contributed by atoms with Crippen molar-refractivity contribution < 1.29 is 4.79 Å². The fourth-order valence-electron chi connectivity index (χ4n) is 5.23. The van der Waals surface area contributed by atoms with Crippen LogP contribution in [0.3, 0.4) is 0 Å². The molecule has 28 heavy (non-hydrogen) atoms. The molecule has 6 nitrogen and oxygen atoms in total. The third-order valence-electron chi connectivity index (χ3n) is 6.76. The summed E-state index contributed by atoms with van der Waals surface area (Å²) in [4.78, 5) is 28.6. The average molecular weight is 400 g/mol. The predicted octanol–water partition coefficient (Wildman–Crippen LogP) is 3.52. The van der Waals surface area contributed by atoms with E-state index in [4.69, 9.17) is 0 Å². The maximum Gasteiger partial charge on any atom is 0.264 e. The molecular weight excluding hydrogens is 370 g/mol. The van der Waals surface area contributed by atoms with Crippen LogP contribution in [0.1, 0.15) is 53.8 Å². The number of amides is 1. The maximum absolute atomic E-state index is 13.2. The molecule has 2 aromatic rings. The summed E-state index contributed by atoms with van der Waals surface area (Å²) in [6.45, 7) is 7.31. The first kappa shape index (κ1) is 18.3. The van der Waals surface area contributed by atoms with Crippen molar-refractivity contribution >= 4 is 33.3 Å². The van der Waals surface area contributed by atoms with Crippen molar-refractivity contribution in [1.29, 1.82) is 0 Å². The monoisotopic (exact) mass is 399 g/mol. The summed E-state index contributed by atoms with van der Waals surface area (Å²) in [5.41, 5.74) is 1.04. The quantitative estimate of drug-likeness (QED) is 0.833. The number of aryl methyl sites for hydroxylation is 1. The second-order valence-electron chi connectivity index (χ2n) is 8.58. The number of likely N-dealkylation sites (tertiary alicyclic amines) is 2. The number of fused-ring (bicyclic) bond motifs is 3. The SMILES string of the molecule is Cc1c(C(=O)N2CC3CCC2C3)sc2ncnc(NCCN3CCCCC3)c12. The van der Waals surface area contributed by atoms with Gasteiger partial charge < -0.3 is 15.1 Å². The third-order valence-corrected chi connectivity index (χ3v) is 7.95. The van der Waals surface area contributed by atoms with Crippen molar-refractivity contribution in [2.24, 2.45) is 5.92 Å². The van der Waals surface area contributed by atoms with Crippen molar-refractivity contribution in [1.82, 2.24) is 19.8 Å². The Balaban J connectivity index is 1.34. The van der Waals surface area contributed by atoms with Crippen molar-refractivity contribution in [3.63, 3.8) is 0 Å². The molecule has 0 aromatic carbocycles. The van der Waals surface area contributed by atoms with Gasteiger partial charge in [-0.15, -0.1) is 11.3 Å². The highest BCUT2D eigenvalue weighted by atomic mass is 32.1. The van der Waals surface area contributed by atoms with Crippen LogP contribution in [0.2, 0.25) is 0 Å². The van der Waals surface area contributed by atoms with Crippen molar-refractivity contribution in [2.75, 3.05) is 38.0 Å². The molecule has 3 fully saturated rings. The van der Waals surface area contributed by atoms with Crippen LogP contribution >= 0.6 is 11.3 Å². The number of thiophene rings is 1. The maximum atomic E-state index is 13.2. The number of aromatic nitrogens is 2. The van der Waals surface area contributed by atoms with Gasteiger partial charge in [0.1, 0.15) is 17.0 Å². The first-order chi connectivity index (χ1) is 13.7. The molecule has 1 N–H and O–H groups in total. The number of carbonyl (C=O) groups excluding carboxylic acids is 1. The normalized spacial score (nSPS) is 25.0. The Morgan fingerprint density at radius 1 is 1.25 bits per heavy atom. The molecule has 4 heterocycles. The second-order valence-corrected chi connectivity index (χ2v) is 9.58. The zero-order valence-electron chi connectivity index (χ0n) is 16.6. The zero-order chi connectivity index (χ0) is 19.1. The minimum absolute atomic E-state index is 0.201. The van der Waals surface area contributed by atoms with Gasteiger partial charge in [-0.25, -0.2) is 9.97 Å². The van der Waals surface area contributed by atoms with E-state index in [2.05, 4.69) is 32.0 Å².